The molecule has 0 aromatic heterocycles. The van der Waals surface area contributed by atoms with Gasteiger partial charge in [0.25, 0.3) is 5.91 Å². The molecule has 0 aliphatic carbocycles. The molecule has 0 unspecified atom stereocenters. The number of ether oxygens (including phenoxy) is 3. The van der Waals surface area contributed by atoms with E-state index in [2.05, 4.69) is 21.2 Å². The van der Waals surface area contributed by atoms with Gasteiger partial charge in [-0.3, -0.25) is 4.79 Å². The van der Waals surface area contributed by atoms with E-state index in [4.69, 9.17) is 25.8 Å². The van der Waals surface area contributed by atoms with E-state index < -0.39 is 5.82 Å². The van der Waals surface area contributed by atoms with Crippen LogP contribution < -0.4 is 19.5 Å². The molecule has 0 saturated carbocycles. The average Bonchev–Trinajstić information content (AvgIpc) is 2.85. The Balaban J connectivity index is 1.56. The second kappa shape index (κ2) is 8.60. The van der Waals surface area contributed by atoms with Crippen molar-refractivity contribution in [1.82, 2.24) is 5.32 Å². The molecule has 1 aliphatic rings. The first-order chi connectivity index (χ1) is 12.5. The predicted octanol–water partition coefficient (Wildman–Crippen LogP) is 4.10. The Morgan fingerprint density at radius 2 is 2.08 bits per heavy atom. The number of fused-ring (bicyclic) bond motifs is 1. The van der Waals surface area contributed by atoms with Crippen molar-refractivity contribution in [2.24, 2.45) is 0 Å². The molecule has 26 heavy (non-hydrogen) atoms. The number of halogens is 3. The fraction of sp³-hybridized carbons (Fsp3) is 0.278. The Morgan fingerprint density at radius 1 is 1.27 bits per heavy atom. The van der Waals surface area contributed by atoms with Crippen LogP contribution in [0.15, 0.2) is 34.8 Å². The summed E-state index contributed by atoms with van der Waals surface area (Å²) in [7, 11) is 0. The first-order valence-electron chi connectivity index (χ1n) is 7.95. The number of nitrogens with one attached hydrogen (secondary N) is 1. The Labute approximate surface area is 163 Å². The average molecular weight is 445 g/mol. The molecule has 5 nitrogen and oxygen atoms in total. The molecule has 0 spiro atoms. The lowest BCUT2D eigenvalue weighted by molar-refractivity contribution is -0.123. The fourth-order valence-corrected chi connectivity index (χ4v) is 2.99. The highest BCUT2D eigenvalue weighted by Gasteiger charge is 2.16. The van der Waals surface area contributed by atoms with Crippen molar-refractivity contribution in [3.8, 4) is 17.2 Å². The highest BCUT2D eigenvalue weighted by Crippen LogP contribution is 2.37. The normalized spacial score (nSPS) is 13.0. The number of rotatable bonds is 5. The minimum Gasteiger partial charge on any atom is -0.489 e. The molecule has 0 atom stereocenters. The third-order valence-corrected chi connectivity index (χ3v) is 4.38. The van der Waals surface area contributed by atoms with Gasteiger partial charge in [0.15, 0.2) is 29.7 Å². The molecule has 0 saturated heterocycles. The standard InChI is InChI=1S/C18H16BrClFNO4/c19-12-2-3-15(14(21)8-12)26-10-17(23)22-9-11-6-13(20)18-16(7-11)24-4-1-5-25-18/h2-3,6-8H,1,4-5,9-10H2,(H,22,23). The van der Waals surface area contributed by atoms with Crippen molar-refractivity contribution in [1.29, 1.82) is 0 Å². The number of hydrogen-bond donors (Lipinski definition) is 1. The molecule has 2 aromatic carbocycles. The van der Waals surface area contributed by atoms with E-state index in [9.17, 15) is 9.18 Å². The van der Waals surface area contributed by atoms with E-state index in [1.165, 1.54) is 12.1 Å². The van der Waals surface area contributed by atoms with Crippen molar-refractivity contribution in [2.75, 3.05) is 19.8 Å². The number of carbonyl (C=O) groups excluding carboxylic acids is 1. The highest BCUT2D eigenvalue weighted by atomic mass is 79.9. The van der Waals surface area contributed by atoms with Gasteiger partial charge in [-0.25, -0.2) is 4.39 Å². The lowest BCUT2D eigenvalue weighted by Crippen LogP contribution is -2.28. The van der Waals surface area contributed by atoms with Crippen LogP contribution in [-0.4, -0.2) is 25.7 Å². The molecule has 8 heteroatoms. The molecule has 138 valence electrons. The van der Waals surface area contributed by atoms with Crippen molar-refractivity contribution < 1.29 is 23.4 Å². The zero-order chi connectivity index (χ0) is 18.5. The Kier molecular flexibility index (Phi) is 6.21. The van der Waals surface area contributed by atoms with E-state index >= 15 is 0 Å². The topological polar surface area (TPSA) is 56.8 Å². The van der Waals surface area contributed by atoms with Crippen molar-refractivity contribution in [2.45, 2.75) is 13.0 Å². The van der Waals surface area contributed by atoms with Crippen LogP contribution in [-0.2, 0) is 11.3 Å². The van der Waals surface area contributed by atoms with Crippen LogP contribution in [0, 0.1) is 5.82 Å². The zero-order valence-electron chi connectivity index (χ0n) is 13.7. The van der Waals surface area contributed by atoms with Crippen LogP contribution in [0.4, 0.5) is 4.39 Å². The van der Waals surface area contributed by atoms with Gasteiger partial charge in [-0.05, 0) is 35.9 Å². The van der Waals surface area contributed by atoms with Crippen molar-refractivity contribution >= 4 is 33.4 Å². The van der Waals surface area contributed by atoms with E-state index in [0.717, 1.165) is 12.0 Å². The minimum absolute atomic E-state index is 0.0157. The second-order valence-corrected chi connectivity index (χ2v) is 6.92. The first kappa shape index (κ1) is 18.8. The van der Waals surface area contributed by atoms with E-state index in [1.54, 1.807) is 18.2 Å². The van der Waals surface area contributed by atoms with Crippen molar-refractivity contribution in [3.63, 3.8) is 0 Å². The third kappa shape index (κ3) is 4.80. The summed E-state index contributed by atoms with van der Waals surface area (Å²) in [5.41, 5.74) is 0.766. The molecular formula is C18H16BrClFNO4. The summed E-state index contributed by atoms with van der Waals surface area (Å²) in [5.74, 6) is 0.181. The van der Waals surface area contributed by atoms with E-state index in [0.29, 0.717) is 34.2 Å². The second-order valence-electron chi connectivity index (χ2n) is 5.60. The van der Waals surface area contributed by atoms with Gasteiger partial charge < -0.3 is 19.5 Å². The summed E-state index contributed by atoms with van der Waals surface area (Å²) < 4.78 is 30.6. The maximum atomic E-state index is 13.7. The van der Waals surface area contributed by atoms with Gasteiger partial charge in [-0.1, -0.05) is 27.5 Å². The molecule has 0 fully saturated rings. The molecule has 3 rings (SSSR count). The van der Waals surface area contributed by atoms with Gasteiger partial charge >= 0.3 is 0 Å². The first-order valence-corrected chi connectivity index (χ1v) is 9.12. The lowest BCUT2D eigenvalue weighted by atomic mass is 10.2. The number of carbonyl (C=O) groups is 1. The van der Waals surface area contributed by atoms with Crippen LogP contribution in [0.2, 0.25) is 5.02 Å². The summed E-state index contributed by atoms with van der Waals surface area (Å²) >= 11 is 9.38. The maximum absolute atomic E-state index is 13.7. The van der Waals surface area contributed by atoms with Gasteiger partial charge in [0.05, 0.1) is 18.2 Å². The predicted molar refractivity (Wildman–Crippen MR) is 98.5 cm³/mol. The van der Waals surface area contributed by atoms with Gasteiger partial charge in [0.1, 0.15) is 0 Å². The lowest BCUT2D eigenvalue weighted by Gasteiger charge is -2.12. The van der Waals surface area contributed by atoms with Crippen LogP contribution in [0.5, 0.6) is 17.2 Å². The molecule has 1 aliphatic heterocycles. The van der Waals surface area contributed by atoms with Gasteiger partial charge in [-0.2, -0.15) is 0 Å². The zero-order valence-corrected chi connectivity index (χ0v) is 16.0. The summed E-state index contributed by atoms with van der Waals surface area (Å²) in [5, 5.41) is 3.13. The quantitative estimate of drug-likeness (QED) is 0.754. The Morgan fingerprint density at radius 3 is 2.88 bits per heavy atom. The SMILES string of the molecule is O=C(COc1ccc(Br)cc1F)NCc1cc(Cl)c2c(c1)OCCCO2. The largest absolute Gasteiger partial charge is 0.489 e. The van der Waals surface area contributed by atoms with E-state index in [1.807, 2.05) is 0 Å². The summed E-state index contributed by atoms with van der Waals surface area (Å²) in [6.07, 6.45) is 0.779. The monoisotopic (exact) mass is 443 g/mol. The molecule has 0 bridgehead atoms. The van der Waals surface area contributed by atoms with Crippen LogP contribution in [0.25, 0.3) is 0 Å². The number of hydrogen-bond acceptors (Lipinski definition) is 4. The highest BCUT2D eigenvalue weighted by molar-refractivity contribution is 9.10. The summed E-state index contributed by atoms with van der Waals surface area (Å²) in [6, 6.07) is 7.85. The van der Waals surface area contributed by atoms with Crippen LogP contribution >= 0.6 is 27.5 Å². The fourth-order valence-electron chi connectivity index (χ4n) is 2.37. The van der Waals surface area contributed by atoms with Gasteiger partial charge in [-0.15, -0.1) is 0 Å². The van der Waals surface area contributed by atoms with Crippen LogP contribution in [0.1, 0.15) is 12.0 Å². The molecule has 1 amide bonds. The van der Waals surface area contributed by atoms with Crippen LogP contribution in [0.3, 0.4) is 0 Å². The molecule has 1 heterocycles. The van der Waals surface area contributed by atoms with Gasteiger partial charge in [0.2, 0.25) is 0 Å². The smallest absolute Gasteiger partial charge is 0.258 e. The summed E-state index contributed by atoms with van der Waals surface area (Å²) in [4.78, 5) is 11.9. The minimum atomic E-state index is -0.540. The third-order valence-electron chi connectivity index (χ3n) is 3.60. The molecule has 2 aromatic rings. The van der Waals surface area contributed by atoms with E-state index in [-0.39, 0.29) is 24.8 Å². The van der Waals surface area contributed by atoms with Gasteiger partial charge in [0, 0.05) is 17.4 Å². The Hall–Kier alpha value is -1.99. The maximum Gasteiger partial charge on any atom is 0.258 e. The molecule has 1 N–H and O–H groups in total. The summed E-state index contributed by atoms with van der Waals surface area (Å²) in [6.45, 7) is 1.04. The number of amides is 1. The molecule has 0 radical (unpaired) electrons. The Bertz CT molecular complexity index is 818. The van der Waals surface area contributed by atoms with Crippen molar-refractivity contribution in [3.05, 3.63) is 51.2 Å². The molecular weight excluding hydrogens is 429 g/mol. The number of benzene rings is 2.